The van der Waals surface area contributed by atoms with Crippen LogP contribution in [0.15, 0.2) is 5.38 Å². The number of rotatable bonds is 4. The van der Waals surface area contributed by atoms with Crippen LogP contribution in [0.4, 0.5) is 0 Å². The number of alkyl halides is 1. The Labute approximate surface area is 92.7 Å². The van der Waals surface area contributed by atoms with Crippen molar-refractivity contribution in [3.63, 3.8) is 0 Å². The summed E-state index contributed by atoms with van der Waals surface area (Å²) in [6, 6.07) is 0. The number of aryl methyl sites for hydroxylation is 1. The smallest absolute Gasteiger partial charge is 0.0897 e. The molecule has 0 spiro atoms. The summed E-state index contributed by atoms with van der Waals surface area (Å²) in [5, 5.41) is 3.34. The van der Waals surface area contributed by atoms with E-state index in [0.29, 0.717) is 10.7 Å². The summed E-state index contributed by atoms with van der Waals surface area (Å²) in [7, 11) is 0. The molecule has 3 heteroatoms. The van der Waals surface area contributed by atoms with Gasteiger partial charge in [0.1, 0.15) is 0 Å². The van der Waals surface area contributed by atoms with E-state index < -0.39 is 0 Å². The molecular formula is C10H16BrNS. The van der Waals surface area contributed by atoms with Crippen molar-refractivity contribution in [1.82, 2.24) is 4.98 Å². The molecule has 0 fully saturated rings. The minimum atomic E-state index is 0.620. The largest absolute Gasteiger partial charge is 0.247 e. The molecule has 2 unspecified atom stereocenters. The van der Waals surface area contributed by atoms with Gasteiger partial charge in [0.25, 0.3) is 0 Å². The van der Waals surface area contributed by atoms with E-state index in [0.717, 1.165) is 6.42 Å². The maximum absolute atomic E-state index is 4.47. The Hall–Kier alpha value is 0.110. The number of thiazole rings is 1. The van der Waals surface area contributed by atoms with Crippen LogP contribution < -0.4 is 0 Å². The van der Waals surface area contributed by atoms with Crippen molar-refractivity contribution < 1.29 is 0 Å². The molecule has 0 saturated heterocycles. The fourth-order valence-corrected chi connectivity index (χ4v) is 2.17. The van der Waals surface area contributed by atoms with Crippen LogP contribution in [0.1, 0.15) is 31.0 Å². The van der Waals surface area contributed by atoms with Crippen LogP contribution in [0.3, 0.4) is 0 Å². The quantitative estimate of drug-likeness (QED) is 0.752. The number of halogens is 1. The summed E-state index contributed by atoms with van der Waals surface area (Å²) < 4.78 is 0. The van der Waals surface area contributed by atoms with Crippen LogP contribution >= 0.6 is 27.3 Å². The molecule has 1 nitrogen and oxygen atoms in total. The summed E-state index contributed by atoms with van der Waals surface area (Å²) >= 11 is 5.42. The molecule has 0 saturated carbocycles. The zero-order valence-electron chi connectivity index (χ0n) is 8.38. The first-order valence-electron chi connectivity index (χ1n) is 4.68. The molecule has 0 aliphatic carbocycles. The molecule has 0 aliphatic rings. The molecule has 1 aromatic rings. The fourth-order valence-electron chi connectivity index (χ4n) is 1.36. The summed E-state index contributed by atoms with van der Waals surface area (Å²) in [5.41, 5.74) is 1.24. The maximum atomic E-state index is 4.47. The Bertz CT molecular complexity index is 259. The van der Waals surface area contributed by atoms with Gasteiger partial charge in [-0.05, 0) is 25.7 Å². The minimum absolute atomic E-state index is 0.620. The molecule has 2 atom stereocenters. The van der Waals surface area contributed by atoms with Crippen molar-refractivity contribution in [3.05, 3.63) is 16.1 Å². The van der Waals surface area contributed by atoms with E-state index in [1.807, 2.05) is 0 Å². The Balaban J connectivity index is 2.49. The van der Waals surface area contributed by atoms with Gasteiger partial charge in [-0.25, -0.2) is 4.98 Å². The number of hydrogen-bond acceptors (Lipinski definition) is 2. The summed E-state index contributed by atoms with van der Waals surface area (Å²) in [6.45, 7) is 6.55. The van der Waals surface area contributed by atoms with Gasteiger partial charge in [-0.1, -0.05) is 29.8 Å². The standard InChI is InChI=1S/C10H16BrNS/c1-4-10(11)7(2)5-9-6-13-8(3)12-9/h6-7,10H,4-5H2,1-3H3. The summed E-state index contributed by atoms with van der Waals surface area (Å²) in [6.07, 6.45) is 2.28. The lowest BCUT2D eigenvalue weighted by molar-refractivity contribution is 0.540. The van der Waals surface area contributed by atoms with Crippen LogP contribution in [0.5, 0.6) is 0 Å². The lowest BCUT2D eigenvalue weighted by atomic mass is 10.0. The second-order valence-electron chi connectivity index (χ2n) is 3.46. The topological polar surface area (TPSA) is 12.9 Å². The van der Waals surface area contributed by atoms with Crippen LogP contribution in [0.2, 0.25) is 0 Å². The lowest BCUT2D eigenvalue weighted by Crippen LogP contribution is -2.12. The third-order valence-corrected chi connectivity index (χ3v) is 4.58. The van der Waals surface area contributed by atoms with Gasteiger partial charge in [0.2, 0.25) is 0 Å². The second-order valence-corrected chi connectivity index (χ2v) is 5.70. The highest BCUT2D eigenvalue weighted by molar-refractivity contribution is 9.09. The molecule has 0 amide bonds. The first kappa shape index (κ1) is 11.2. The minimum Gasteiger partial charge on any atom is -0.247 e. The Morgan fingerprint density at radius 3 is 2.77 bits per heavy atom. The van der Waals surface area contributed by atoms with E-state index in [1.165, 1.54) is 17.1 Å². The highest BCUT2D eigenvalue weighted by Crippen LogP contribution is 2.21. The molecule has 74 valence electrons. The highest BCUT2D eigenvalue weighted by atomic mass is 79.9. The molecule has 1 aromatic heterocycles. The maximum Gasteiger partial charge on any atom is 0.0897 e. The van der Waals surface area contributed by atoms with Gasteiger partial charge in [0.15, 0.2) is 0 Å². The molecule has 1 rings (SSSR count). The van der Waals surface area contributed by atoms with Gasteiger partial charge >= 0.3 is 0 Å². The lowest BCUT2D eigenvalue weighted by Gasteiger charge is -2.14. The molecular weight excluding hydrogens is 246 g/mol. The predicted molar refractivity (Wildman–Crippen MR) is 62.7 cm³/mol. The van der Waals surface area contributed by atoms with Crippen molar-refractivity contribution in [2.75, 3.05) is 0 Å². The average Bonchev–Trinajstić information content (AvgIpc) is 2.49. The van der Waals surface area contributed by atoms with E-state index in [9.17, 15) is 0 Å². The molecule has 0 aromatic carbocycles. The van der Waals surface area contributed by atoms with Crippen LogP contribution in [-0.4, -0.2) is 9.81 Å². The Morgan fingerprint density at radius 1 is 1.62 bits per heavy atom. The number of aromatic nitrogens is 1. The van der Waals surface area contributed by atoms with E-state index in [2.05, 4.69) is 47.1 Å². The van der Waals surface area contributed by atoms with Gasteiger partial charge in [0.05, 0.1) is 10.7 Å². The summed E-state index contributed by atoms with van der Waals surface area (Å²) in [5.74, 6) is 0.673. The molecule has 0 N–H and O–H groups in total. The van der Waals surface area contributed by atoms with E-state index >= 15 is 0 Å². The van der Waals surface area contributed by atoms with Gasteiger partial charge < -0.3 is 0 Å². The van der Waals surface area contributed by atoms with Crippen molar-refractivity contribution in [1.29, 1.82) is 0 Å². The van der Waals surface area contributed by atoms with Crippen molar-refractivity contribution in [2.45, 2.75) is 38.4 Å². The van der Waals surface area contributed by atoms with Crippen LogP contribution in [-0.2, 0) is 6.42 Å². The Kier molecular flexibility index (Phi) is 4.39. The Morgan fingerprint density at radius 2 is 2.31 bits per heavy atom. The van der Waals surface area contributed by atoms with Gasteiger partial charge in [-0.2, -0.15) is 0 Å². The monoisotopic (exact) mass is 261 g/mol. The van der Waals surface area contributed by atoms with Crippen molar-refractivity contribution in [3.8, 4) is 0 Å². The number of nitrogens with zero attached hydrogens (tertiary/aromatic N) is 1. The van der Waals surface area contributed by atoms with Crippen LogP contribution in [0.25, 0.3) is 0 Å². The zero-order valence-corrected chi connectivity index (χ0v) is 10.8. The highest BCUT2D eigenvalue weighted by Gasteiger charge is 2.13. The normalized spacial score (nSPS) is 15.7. The van der Waals surface area contributed by atoms with Gasteiger partial charge in [-0.3, -0.25) is 0 Å². The average molecular weight is 262 g/mol. The first-order valence-corrected chi connectivity index (χ1v) is 6.48. The number of hydrogen-bond donors (Lipinski definition) is 0. The van der Waals surface area contributed by atoms with Gasteiger partial charge in [0, 0.05) is 10.2 Å². The molecule has 13 heavy (non-hydrogen) atoms. The van der Waals surface area contributed by atoms with Crippen molar-refractivity contribution in [2.24, 2.45) is 5.92 Å². The van der Waals surface area contributed by atoms with Crippen LogP contribution in [0, 0.1) is 12.8 Å². The molecule has 0 aliphatic heterocycles. The zero-order chi connectivity index (χ0) is 9.84. The van der Waals surface area contributed by atoms with E-state index in [-0.39, 0.29) is 0 Å². The predicted octanol–water partition coefficient (Wildman–Crippen LogP) is 3.80. The van der Waals surface area contributed by atoms with Crippen molar-refractivity contribution >= 4 is 27.3 Å². The molecule has 0 radical (unpaired) electrons. The third-order valence-electron chi connectivity index (χ3n) is 2.21. The van der Waals surface area contributed by atoms with E-state index in [4.69, 9.17) is 0 Å². The van der Waals surface area contributed by atoms with Gasteiger partial charge in [-0.15, -0.1) is 11.3 Å². The first-order chi connectivity index (χ1) is 6.13. The second kappa shape index (κ2) is 5.11. The summed E-state index contributed by atoms with van der Waals surface area (Å²) in [4.78, 5) is 5.08. The molecule has 0 bridgehead atoms. The van der Waals surface area contributed by atoms with E-state index in [1.54, 1.807) is 11.3 Å². The molecule has 1 heterocycles. The SMILES string of the molecule is CCC(Br)C(C)Cc1csc(C)n1. The fraction of sp³-hybridized carbons (Fsp3) is 0.700. The third kappa shape index (κ3) is 3.39.